The van der Waals surface area contributed by atoms with E-state index in [9.17, 15) is 5.11 Å². The van der Waals surface area contributed by atoms with Gasteiger partial charge < -0.3 is 5.11 Å². The van der Waals surface area contributed by atoms with Gasteiger partial charge in [-0.25, -0.2) is 0 Å². The van der Waals surface area contributed by atoms with Crippen molar-refractivity contribution >= 4 is 0 Å². The van der Waals surface area contributed by atoms with Gasteiger partial charge in [-0.15, -0.1) is 0 Å². The zero-order chi connectivity index (χ0) is 11.3. The molecule has 1 heteroatoms. The van der Waals surface area contributed by atoms with Gasteiger partial charge in [-0.1, -0.05) is 44.5 Å². The zero-order valence-corrected chi connectivity index (χ0v) is 10.0. The van der Waals surface area contributed by atoms with Crippen LogP contribution in [-0.4, -0.2) is 11.7 Å². The van der Waals surface area contributed by atoms with E-state index < -0.39 is 0 Å². The van der Waals surface area contributed by atoms with Crippen LogP contribution in [0.15, 0.2) is 24.3 Å². The average Bonchev–Trinajstić information content (AvgIpc) is 2.27. The molecule has 0 saturated carbocycles. The van der Waals surface area contributed by atoms with Crippen LogP contribution in [0.25, 0.3) is 0 Å². The van der Waals surface area contributed by atoms with E-state index in [0.717, 1.165) is 12.8 Å². The smallest absolute Gasteiger partial charge is 0.0464 e. The first-order valence-electron chi connectivity index (χ1n) is 5.84. The Kier molecular flexibility index (Phi) is 4.83. The van der Waals surface area contributed by atoms with E-state index in [1.807, 2.05) is 0 Å². The summed E-state index contributed by atoms with van der Waals surface area (Å²) in [5.41, 5.74) is 2.70. The molecule has 0 heterocycles. The maximum Gasteiger partial charge on any atom is 0.0464 e. The molecule has 1 aromatic rings. The van der Waals surface area contributed by atoms with Gasteiger partial charge in [-0.2, -0.15) is 0 Å². The Morgan fingerprint density at radius 2 is 1.93 bits per heavy atom. The molecule has 0 radical (unpaired) electrons. The van der Waals surface area contributed by atoms with Gasteiger partial charge in [0.05, 0.1) is 0 Å². The highest BCUT2D eigenvalue weighted by Crippen LogP contribution is 2.21. The molecule has 0 aromatic heterocycles. The second-order valence-electron chi connectivity index (χ2n) is 4.46. The standard InChI is InChI=1S/C14H22O/c1-4-11(2)14(10-15)9-13-8-6-5-7-12(13)3/h5-8,11,14-15H,4,9-10H2,1-3H3. The van der Waals surface area contributed by atoms with Crippen LogP contribution in [0.3, 0.4) is 0 Å². The van der Waals surface area contributed by atoms with Crippen molar-refractivity contribution in [3.63, 3.8) is 0 Å². The van der Waals surface area contributed by atoms with Crippen molar-refractivity contribution in [3.8, 4) is 0 Å². The molecule has 0 aliphatic heterocycles. The fourth-order valence-corrected chi connectivity index (χ4v) is 1.90. The Labute approximate surface area is 93.1 Å². The topological polar surface area (TPSA) is 20.2 Å². The van der Waals surface area contributed by atoms with Crippen molar-refractivity contribution in [2.24, 2.45) is 11.8 Å². The Morgan fingerprint density at radius 3 is 2.47 bits per heavy atom. The molecule has 0 spiro atoms. The number of aliphatic hydroxyl groups excluding tert-OH is 1. The summed E-state index contributed by atoms with van der Waals surface area (Å²) in [6.07, 6.45) is 2.13. The van der Waals surface area contributed by atoms with Crippen molar-refractivity contribution in [2.45, 2.75) is 33.6 Å². The molecule has 0 saturated heterocycles. The highest BCUT2D eigenvalue weighted by molar-refractivity contribution is 5.25. The first-order chi connectivity index (χ1) is 7.19. The van der Waals surface area contributed by atoms with Crippen LogP contribution in [0.5, 0.6) is 0 Å². The summed E-state index contributed by atoms with van der Waals surface area (Å²) in [6, 6.07) is 8.45. The van der Waals surface area contributed by atoms with Gasteiger partial charge in [0, 0.05) is 6.61 Å². The molecule has 0 aliphatic carbocycles. The Bertz CT molecular complexity index is 293. The van der Waals surface area contributed by atoms with Crippen LogP contribution in [0.1, 0.15) is 31.4 Å². The zero-order valence-electron chi connectivity index (χ0n) is 10.0. The Balaban J connectivity index is 2.71. The lowest BCUT2D eigenvalue weighted by atomic mass is 9.86. The first kappa shape index (κ1) is 12.3. The second-order valence-corrected chi connectivity index (χ2v) is 4.46. The van der Waals surface area contributed by atoms with Crippen LogP contribution < -0.4 is 0 Å². The molecule has 0 aliphatic rings. The molecule has 1 aromatic carbocycles. The monoisotopic (exact) mass is 206 g/mol. The fourth-order valence-electron chi connectivity index (χ4n) is 1.90. The van der Waals surface area contributed by atoms with Crippen molar-refractivity contribution in [2.75, 3.05) is 6.61 Å². The van der Waals surface area contributed by atoms with Crippen LogP contribution in [-0.2, 0) is 6.42 Å². The minimum atomic E-state index is 0.295. The normalized spacial score (nSPS) is 14.9. The number of hydrogen-bond acceptors (Lipinski definition) is 1. The van der Waals surface area contributed by atoms with Crippen molar-refractivity contribution < 1.29 is 5.11 Å². The molecule has 0 bridgehead atoms. The van der Waals surface area contributed by atoms with Gasteiger partial charge in [0.25, 0.3) is 0 Å². The van der Waals surface area contributed by atoms with E-state index in [2.05, 4.69) is 45.0 Å². The molecule has 2 unspecified atom stereocenters. The lowest BCUT2D eigenvalue weighted by Gasteiger charge is -2.21. The number of aliphatic hydroxyl groups is 1. The summed E-state index contributed by atoms with van der Waals surface area (Å²) in [5, 5.41) is 9.38. The number of benzene rings is 1. The predicted molar refractivity (Wildman–Crippen MR) is 64.9 cm³/mol. The maximum absolute atomic E-state index is 9.38. The lowest BCUT2D eigenvalue weighted by Crippen LogP contribution is -2.18. The minimum absolute atomic E-state index is 0.295. The fraction of sp³-hybridized carbons (Fsp3) is 0.571. The molecule has 0 fully saturated rings. The summed E-state index contributed by atoms with van der Waals surface area (Å²) >= 11 is 0. The van der Waals surface area contributed by atoms with E-state index in [-0.39, 0.29) is 0 Å². The van der Waals surface area contributed by atoms with E-state index >= 15 is 0 Å². The van der Waals surface area contributed by atoms with Gasteiger partial charge in [-0.05, 0) is 36.3 Å². The number of rotatable bonds is 5. The van der Waals surface area contributed by atoms with Crippen molar-refractivity contribution in [3.05, 3.63) is 35.4 Å². The van der Waals surface area contributed by atoms with E-state index in [1.54, 1.807) is 0 Å². The molecular weight excluding hydrogens is 184 g/mol. The molecule has 15 heavy (non-hydrogen) atoms. The van der Waals surface area contributed by atoms with Crippen LogP contribution in [0.4, 0.5) is 0 Å². The minimum Gasteiger partial charge on any atom is -0.396 e. The van der Waals surface area contributed by atoms with Crippen LogP contribution in [0, 0.1) is 18.8 Å². The molecular formula is C14H22O. The molecule has 1 nitrogen and oxygen atoms in total. The number of aryl methyl sites for hydroxylation is 1. The summed E-state index contributed by atoms with van der Waals surface area (Å²) < 4.78 is 0. The van der Waals surface area contributed by atoms with Gasteiger partial charge in [-0.3, -0.25) is 0 Å². The first-order valence-corrected chi connectivity index (χ1v) is 5.84. The van der Waals surface area contributed by atoms with Gasteiger partial charge in [0.2, 0.25) is 0 Å². The van der Waals surface area contributed by atoms with Crippen LogP contribution in [0.2, 0.25) is 0 Å². The van der Waals surface area contributed by atoms with E-state index in [4.69, 9.17) is 0 Å². The molecule has 84 valence electrons. The highest BCUT2D eigenvalue weighted by atomic mass is 16.3. The lowest BCUT2D eigenvalue weighted by molar-refractivity contribution is 0.179. The second kappa shape index (κ2) is 5.92. The third-order valence-electron chi connectivity index (χ3n) is 3.43. The summed E-state index contributed by atoms with van der Waals surface area (Å²) in [4.78, 5) is 0. The molecule has 1 N–H and O–H groups in total. The maximum atomic E-state index is 9.38. The third kappa shape index (κ3) is 3.35. The quantitative estimate of drug-likeness (QED) is 0.784. The predicted octanol–water partition coefficient (Wildman–Crippen LogP) is 3.19. The SMILES string of the molecule is CCC(C)C(CO)Cc1ccccc1C. The van der Waals surface area contributed by atoms with Crippen molar-refractivity contribution in [1.82, 2.24) is 0 Å². The molecule has 0 amide bonds. The molecule has 2 atom stereocenters. The van der Waals surface area contributed by atoms with E-state index in [1.165, 1.54) is 11.1 Å². The average molecular weight is 206 g/mol. The highest BCUT2D eigenvalue weighted by Gasteiger charge is 2.15. The van der Waals surface area contributed by atoms with E-state index in [0.29, 0.717) is 18.4 Å². The van der Waals surface area contributed by atoms with Crippen molar-refractivity contribution in [1.29, 1.82) is 0 Å². The summed E-state index contributed by atoms with van der Waals surface area (Å²) in [6.45, 7) is 6.84. The molecule has 1 rings (SSSR count). The van der Waals surface area contributed by atoms with Gasteiger partial charge in [0.15, 0.2) is 0 Å². The Morgan fingerprint density at radius 1 is 1.27 bits per heavy atom. The Hall–Kier alpha value is -0.820. The largest absolute Gasteiger partial charge is 0.396 e. The van der Waals surface area contributed by atoms with Crippen LogP contribution >= 0.6 is 0 Å². The third-order valence-corrected chi connectivity index (χ3v) is 3.43. The van der Waals surface area contributed by atoms with Gasteiger partial charge >= 0.3 is 0 Å². The van der Waals surface area contributed by atoms with Gasteiger partial charge in [0.1, 0.15) is 0 Å². The number of hydrogen-bond donors (Lipinski definition) is 1. The summed E-state index contributed by atoms with van der Waals surface area (Å²) in [7, 11) is 0. The summed E-state index contributed by atoms with van der Waals surface area (Å²) in [5.74, 6) is 0.991.